The lowest BCUT2D eigenvalue weighted by atomic mass is 10.1. The number of nitro benzene ring substituents is 1. The summed E-state index contributed by atoms with van der Waals surface area (Å²) in [5.41, 5.74) is -1.37. The van der Waals surface area contributed by atoms with Crippen molar-refractivity contribution in [2.24, 2.45) is 0 Å². The molecule has 0 aromatic heterocycles. The first-order chi connectivity index (χ1) is 9.75. The smallest absolute Gasteiger partial charge is 0.427 e. The Bertz CT molecular complexity index is 565. The summed E-state index contributed by atoms with van der Waals surface area (Å²) in [5.74, 6) is -1.87. The molecule has 0 heterocycles. The van der Waals surface area contributed by atoms with Gasteiger partial charge in [-0.3, -0.25) is 10.1 Å². The lowest BCUT2D eigenvalue weighted by molar-refractivity contribution is -0.386. The number of esters is 1. The van der Waals surface area contributed by atoms with Crippen LogP contribution < -0.4 is 10.1 Å². The number of carbonyl (C=O) groups is 1. The van der Waals surface area contributed by atoms with Crippen LogP contribution in [0.5, 0.6) is 5.75 Å². The zero-order valence-electron chi connectivity index (χ0n) is 11.0. The minimum Gasteiger partial charge on any atom is -0.465 e. The average Bonchev–Trinajstić information content (AvgIpc) is 2.44. The summed E-state index contributed by atoms with van der Waals surface area (Å²) >= 11 is 0. The molecule has 0 aliphatic rings. The third-order valence-corrected chi connectivity index (χ3v) is 2.36. The Balaban J connectivity index is 3.48. The maximum absolute atomic E-state index is 13.0. The molecule has 0 fully saturated rings. The van der Waals surface area contributed by atoms with Gasteiger partial charge in [0, 0.05) is 13.1 Å². The Morgan fingerprint density at radius 3 is 2.52 bits per heavy atom. The first kappa shape index (κ1) is 16.5. The third kappa shape index (κ3) is 3.74. The number of nitrogens with zero attached hydrogens (tertiary/aromatic N) is 1. The molecule has 0 bridgehead atoms. The van der Waals surface area contributed by atoms with Crippen molar-refractivity contribution in [2.45, 2.75) is 6.11 Å². The fraction of sp³-hybridized carbons (Fsp3) is 0.364. The van der Waals surface area contributed by atoms with E-state index in [2.05, 4.69) is 14.8 Å². The van der Waals surface area contributed by atoms with Crippen molar-refractivity contribution in [2.75, 3.05) is 26.1 Å². The zero-order valence-corrected chi connectivity index (χ0v) is 11.0. The molecule has 1 aromatic rings. The van der Waals surface area contributed by atoms with Crippen molar-refractivity contribution in [3.8, 4) is 5.75 Å². The first-order valence-corrected chi connectivity index (χ1v) is 5.47. The summed E-state index contributed by atoms with van der Waals surface area (Å²) in [7, 11) is 2.32. The van der Waals surface area contributed by atoms with E-state index in [1.54, 1.807) is 0 Å². The van der Waals surface area contributed by atoms with E-state index < -0.39 is 35.1 Å². The van der Waals surface area contributed by atoms with Gasteiger partial charge in [-0.15, -0.1) is 0 Å². The maximum atomic E-state index is 13.0. The number of methoxy groups -OCH3 is 1. The van der Waals surface area contributed by atoms with E-state index in [4.69, 9.17) is 0 Å². The number of benzene rings is 1. The van der Waals surface area contributed by atoms with Crippen LogP contribution in [0.15, 0.2) is 12.1 Å². The molecule has 0 spiro atoms. The Morgan fingerprint density at radius 2 is 2.10 bits per heavy atom. The predicted molar refractivity (Wildman–Crippen MR) is 65.5 cm³/mol. The molecule has 0 saturated heterocycles. The second-order valence-corrected chi connectivity index (χ2v) is 3.74. The Morgan fingerprint density at radius 1 is 1.48 bits per heavy atom. The van der Waals surface area contributed by atoms with Crippen molar-refractivity contribution >= 4 is 17.3 Å². The van der Waals surface area contributed by atoms with Gasteiger partial charge in [0.15, 0.2) is 6.67 Å². The fourth-order valence-electron chi connectivity index (χ4n) is 1.49. The summed E-state index contributed by atoms with van der Waals surface area (Å²) in [5, 5.41) is 13.3. The minimum absolute atomic E-state index is 0.257. The number of anilines is 1. The number of halogens is 3. The molecular weight excluding hydrogens is 297 g/mol. The highest BCUT2D eigenvalue weighted by atomic mass is 19.3. The first-order valence-electron chi connectivity index (χ1n) is 5.47. The van der Waals surface area contributed by atoms with Gasteiger partial charge in [0.05, 0.1) is 17.6 Å². The molecule has 0 saturated carbocycles. The highest BCUT2D eigenvalue weighted by Gasteiger charge is 2.36. The van der Waals surface area contributed by atoms with Gasteiger partial charge in [-0.1, -0.05) is 0 Å². The van der Waals surface area contributed by atoms with Crippen molar-refractivity contribution in [1.82, 2.24) is 0 Å². The van der Waals surface area contributed by atoms with Crippen LogP contribution in [0.3, 0.4) is 0 Å². The van der Waals surface area contributed by atoms with Crippen LogP contribution in [0.25, 0.3) is 0 Å². The highest BCUT2D eigenvalue weighted by Crippen LogP contribution is 2.39. The number of ether oxygens (including phenoxy) is 2. The molecule has 1 aromatic carbocycles. The van der Waals surface area contributed by atoms with Crippen LogP contribution in [0.4, 0.5) is 24.5 Å². The van der Waals surface area contributed by atoms with Crippen LogP contribution in [0.1, 0.15) is 10.4 Å². The van der Waals surface area contributed by atoms with E-state index in [1.807, 2.05) is 0 Å². The van der Waals surface area contributed by atoms with E-state index in [0.717, 1.165) is 13.2 Å². The normalized spacial score (nSPS) is 10.9. The lowest BCUT2D eigenvalue weighted by Crippen LogP contribution is -2.27. The number of carbonyl (C=O) groups excluding carboxylic acids is 1. The molecule has 21 heavy (non-hydrogen) atoms. The standard InChI is InChI=1S/C11H11F3N2O5/c1-15-7-3-6(10(17)20-2)4-8(9(7)16(18)19)21-11(13,14)5-12/h3-4,15H,5H2,1-2H3. The quantitative estimate of drug-likeness (QED) is 0.493. The molecule has 0 radical (unpaired) electrons. The summed E-state index contributed by atoms with van der Waals surface area (Å²) in [6.45, 7) is -2.18. The van der Waals surface area contributed by atoms with E-state index in [9.17, 15) is 28.1 Å². The number of hydrogen-bond acceptors (Lipinski definition) is 6. The SMILES string of the molecule is CNc1cc(C(=O)OC)cc(OC(F)(F)CF)c1[N+](=O)[O-]. The Labute approximate surface area is 116 Å². The highest BCUT2D eigenvalue weighted by molar-refractivity contribution is 5.93. The molecule has 0 atom stereocenters. The molecule has 1 N–H and O–H groups in total. The number of rotatable bonds is 6. The largest absolute Gasteiger partial charge is 0.465 e. The van der Waals surface area contributed by atoms with Crippen molar-refractivity contribution in [3.05, 3.63) is 27.8 Å². The maximum Gasteiger partial charge on any atom is 0.427 e. The van der Waals surface area contributed by atoms with Crippen molar-refractivity contribution in [1.29, 1.82) is 0 Å². The average molecular weight is 308 g/mol. The third-order valence-electron chi connectivity index (χ3n) is 2.36. The minimum atomic E-state index is -4.26. The fourth-order valence-corrected chi connectivity index (χ4v) is 1.49. The van der Waals surface area contributed by atoms with Crippen LogP contribution in [0.2, 0.25) is 0 Å². The monoisotopic (exact) mass is 308 g/mol. The van der Waals surface area contributed by atoms with Crippen LogP contribution >= 0.6 is 0 Å². The predicted octanol–water partition coefficient (Wildman–Crippen LogP) is 2.36. The summed E-state index contributed by atoms with van der Waals surface area (Å²) in [4.78, 5) is 21.4. The number of hydrogen-bond donors (Lipinski definition) is 1. The molecule has 10 heteroatoms. The lowest BCUT2D eigenvalue weighted by Gasteiger charge is -2.16. The molecule has 116 valence electrons. The second-order valence-electron chi connectivity index (χ2n) is 3.74. The molecular formula is C11H11F3N2O5. The Kier molecular flexibility index (Phi) is 4.95. The number of nitrogens with one attached hydrogen (secondary N) is 1. The van der Waals surface area contributed by atoms with Gasteiger partial charge in [-0.2, -0.15) is 8.78 Å². The summed E-state index contributed by atoms with van der Waals surface area (Å²) in [6, 6.07) is 1.72. The van der Waals surface area contributed by atoms with Gasteiger partial charge in [-0.25, -0.2) is 9.18 Å². The second kappa shape index (κ2) is 6.29. The van der Waals surface area contributed by atoms with Crippen LogP contribution in [0, 0.1) is 10.1 Å². The zero-order chi connectivity index (χ0) is 16.2. The molecule has 0 aliphatic heterocycles. The number of alkyl halides is 3. The summed E-state index contributed by atoms with van der Waals surface area (Å²) in [6.07, 6.45) is -4.26. The van der Waals surface area contributed by atoms with E-state index in [1.165, 1.54) is 7.05 Å². The van der Waals surface area contributed by atoms with Gasteiger partial charge in [0.2, 0.25) is 5.75 Å². The van der Waals surface area contributed by atoms with E-state index in [0.29, 0.717) is 6.07 Å². The molecule has 0 unspecified atom stereocenters. The van der Waals surface area contributed by atoms with E-state index in [-0.39, 0.29) is 11.3 Å². The molecule has 1 rings (SSSR count). The van der Waals surface area contributed by atoms with Crippen molar-refractivity contribution in [3.63, 3.8) is 0 Å². The van der Waals surface area contributed by atoms with E-state index >= 15 is 0 Å². The van der Waals surface area contributed by atoms with Gasteiger partial charge in [-0.05, 0) is 6.07 Å². The number of nitro groups is 1. The molecule has 0 aliphatic carbocycles. The molecule has 0 amide bonds. The van der Waals surface area contributed by atoms with Gasteiger partial charge in [0.25, 0.3) is 0 Å². The summed E-state index contributed by atoms with van der Waals surface area (Å²) < 4.78 is 46.5. The van der Waals surface area contributed by atoms with Gasteiger partial charge >= 0.3 is 17.8 Å². The van der Waals surface area contributed by atoms with Gasteiger partial charge < -0.3 is 14.8 Å². The van der Waals surface area contributed by atoms with Crippen LogP contribution in [-0.2, 0) is 4.74 Å². The topological polar surface area (TPSA) is 90.7 Å². The van der Waals surface area contributed by atoms with Crippen molar-refractivity contribution < 1.29 is 32.4 Å². The molecule has 7 nitrogen and oxygen atoms in total. The Hall–Kier alpha value is -2.52. The van der Waals surface area contributed by atoms with Crippen LogP contribution in [-0.4, -0.2) is 37.8 Å². The van der Waals surface area contributed by atoms with Gasteiger partial charge in [0.1, 0.15) is 5.69 Å².